The summed E-state index contributed by atoms with van der Waals surface area (Å²) >= 11 is 0. The van der Waals surface area contributed by atoms with E-state index in [-0.39, 0.29) is 37.4 Å². The standard InChI is InChI=1S/C14H27NO4/c1-11(6-9-16)12(2)19-14(18)15-8-4-3-5-13(15)7-10-17/h11-13,16-17H,3-10H2,1-2H3. The lowest BCUT2D eigenvalue weighted by molar-refractivity contribution is 0.0215. The summed E-state index contributed by atoms with van der Waals surface area (Å²) in [5.74, 6) is 0.148. The smallest absolute Gasteiger partial charge is 0.410 e. The number of likely N-dealkylation sites (tertiary alicyclic amines) is 1. The molecule has 0 bridgehead atoms. The molecule has 2 N–H and O–H groups in total. The van der Waals surface area contributed by atoms with E-state index < -0.39 is 0 Å². The monoisotopic (exact) mass is 273 g/mol. The molecule has 0 saturated carbocycles. The number of aliphatic hydroxyl groups excluding tert-OH is 2. The van der Waals surface area contributed by atoms with Crippen molar-refractivity contribution in [2.45, 2.75) is 58.1 Å². The van der Waals surface area contributed by atoms with Crippen LogP contribution in [0.1, 0.15) is 46.0 Å². The van der Waals surface area contributed by atoms with Crippen LogP contribution in [0.5, 0.6) is 0 Å². The van der Waals surface area contributed by atoms with Gasteiger partial charge >= 0.3 is 6.09 Å². The minimum atomic E-state index is -0.282. The predicted octanol–water partition coefficient (Wildman–Crippen LogP) is 1.77. The van der Waals surface area contributed by atoms with Crippen LogP contribution in [-0.2, 0) is 4.74 Å². The fourth-order valence-corrected chi connectivity index (χ4v) is 2.47. The van der Waals surface area contributed by atoms with Crippen molar-refractivity contribution in [3.05, 3.63) is 0 Å². The normalized spacial score (nSPS) is 22.9. The molecule has 1 fully saturated rings. The van der Waals surface area contributed by atoms with Gasteiger partial charge in [-0.1, -0.05) is 6.92 Å². The van der Waals surface area contributed by atoms with Gasteiger partial charge in [-0.25, -0.2) is 4.79 Å². The molecular weight excluding hydrogens is 246 g/mol. The molecule has 5 nitrogen and oxygen atoms in total. The molecule has 1 aliphatic rings. The van der Waals surface area contributed by atoms with Gasteiger partial charge in [0.25, 0.3) is 0 Å². The van der Waals surface area contributed by atoms with Gasteiger partial charge in [0.05, 0.1) is 0 Å². The lowest BCUT2D eigenvalue weighted by Crippen LogP contribution is -2.45. The van der Waals surface area contributed by atoms with Crippen molar-refractivity contribution in [2.24, 2.45) is 5.92 Å². The van der Waals surface area contributed by atoms with E-state index in [1.54, 1.807) is 4.90 Å². The number of hydrogen-bond donors (Lipinski definition) is 2. The molecule has 0 aromatic heterocycles. The molecule has 0 aromatic carbocycles. The maximum absolute atomic E-state index is 12.2. The van der Waals surface area contributed by atoms with Crippen LogP contribution in [0.25, 0.3) is 0 Å². The molecule has 5 heteroatoms. The van der Waals surface area contributed by atoms with Gasteiger partial charge in [0.2, 0.25) is 0 Å². The number of aliphatic hydroxyl groups is 2. The molecule has 112 valence electrons. The topological polar surface area (TPSA) is 70.0 Å². The van der Waals surface area contributed by atoms with Gasteiger partial charge < -0.3 is 19.8 Å². The molecule has 0 radical (unpaired) electrons. The second-order valence-corrected chi connectivity index (χ2v) is 5.43. The quantitative estimate of drug-likeness (QED) is 0.773. The molecule has 1 amide bonds. The number of carbonyl (C=O) groups excluding carboxylic acids is 1. The Morgan fingerprint density at radius 3 is 2.68 bits per heavy atom. The molecule has 1 rings (SSSR count). The van der Waals surface area contributed by atoms with E-state index in [2.05, 4.69) is 0 Å². The summed E-state index contributed by atoms with van der Waals surface area (Å²) in [6, 6.07) is 0.103. The van der Waals surface area contributed by atoms with Crippen LogP contribution in [0.15, 0.2) is 0 Å². The Kier molecular flexibility index (Phi) is 7.16. The maximum Gasteiger partial charge on any atom is 0.410 e. The number of ether oxygens (including phenoxy) is 1. The second-order valence-electron chi connectivity index (χ2n) is 5.43. The first-order valence-electron chi connectivity index (χ1n) is 7.29. The van der Waals surface area contributed by atoms with Crippen LogP contribution in [0.4, 0.5) is 4.79 Å². The van der Waals surface area contributed by atoms with Gasteiger partial charge in [-0.15, -0.1) is 0 Å². The fourth-order valence-electron chi connectivity index (χ4n) is 2.47. The van der Waals surface area contributed by atoms with Crippen LogP contribution in [0, 0.1) is 5.92 Å². The summed E-state index contributed by atoms with van der Waals surface area (Å²) in [6.07, 6.45) is 3.81. The first kappa shape index (κ1) is 16.2. The zero-order chi connectivity index (χ0) is 14.3. The highest BCUT2D eigenvalue weighted by molar-refractivity contribution is 5.68. The Morgan fingerprint density at radius 2 is 2.05 bits per heavy atom. The summed E-state index contributed by atoms with van der Waals surface area (Å²) in [4.78, 5) is 13.9. The van der Waals surface area contributed by atoms with Crippen molar-refractivity contribution in [1.82, 2.24) is 4.90 Å². The Hall–Kier alpha value is -0.810. The first-order chi connectivity index (χ1) is 9.10. The predicted molar refractivity (Wildman–Crippen MR) is 72.9 cm³/mol. The summed E-state index contributed by atoms with van der Waals surface area (Å²) in [7, 11) is 0. The van der Waals surface area contributed by atoms with Gasteiger partial charge in [0.15, 0.2) is 0 Å². The molecular formula is C14H27NO4. The highest BCUT2D eigenvalue weighted by Crippen LogP contribution is 2.22. The maximum atomic E-state index is 12.2. The fraction of sp³-hybridized carbons (Fsp3) is 0.929. The second kappa shape index (κ2) is 8.38. The van der Waals surface area contributed by atoms with Crippen molar-refractivity contribution in [2.75, 3.05) is 19.8 Å². The Balaban J connectivity index is 2.50. The highest BCUT2D eigenvalue weighted by Gasteiger charge is 2.29. The number of hydrogen-bond acceptors (Lipinski definition) is 4. The summed E-state index contributed by atoms with van der Waals surface area (Å²) in [5, 5.41) is 18.0. The number of piperidine rings is 1. The van der Waals surface area contributed by atoms with Gasteiger partial charge in [-0.2, -0.15) is 0 Å². The zero-order valence-electron chi connectivity index (χ0n) is 12.0. The van der Waals surface area contributed by atoms with E-state index in [0.29, 0.717) is 19.4 Å². The van der Waals surface area contributed by atoms with E-state index in [4.69, 9.17) is 14.9 Å². The summed E-state index contributed by atoms with van der Waals surface area (Å²) in [6.45, 7) is 4.76. The third-order valence-electron chi connectivity index (χ3n) is 4.00. The molecule has 1 aliphatic heterocycles. The minimum absolute atomic E-state index is 0.102. The van der Waals surface area contributed by atoms with Crippen LogP contribution in [0.2, 0.25) is 0 Å². The van der Waals surface area contributed by atoms with Crippen molar-refractivity contribution >= 4 is 6.09 Å². The third kappa shape index (κ3) is 4.99. The average molecular weight is 273 g/mol. The molecule has 1 saturated heterocycles. The van der Waals surface area contributed by atoms with Crippen LogP contribution in [0.3, 0.4) is 0 Å². The lowest BCUT2D eigenvalue weighted by atomic mass is 10.00. The number of nitrogens with zero attached hydrogens (tertiary/aromatic N) is 1. The molecule has 19 heavy (non-hydrogen) atoms. The van der Waals surface area contributed by atoms with Gasteiger partial charge in [-0.05, 0) is 44.9 Å². The number of rotatable bonds is 6. The van der Waals surface area contributed by atoms with Crippen molar-refractivity contribution in [3.63, 3.8) is 0 Å². The van der Waals surface area contributed by atoms with E-state index in [1.807, 2.05) is 13.8 Å². The van der Waals surface area contributed by atoms with Gasteiger partial charge in [0, 0.05) is 25.8 Å². The molecule has 3 atom stereocenters. The minimum Gasteiger partial charge on any atom is -0.446 e. The van der Waals surface area contributed by atoms with Gasteiger partial charge in [-0.3, -0.25) is 0 Å². The van der Waals surface area contributed by atoms with Crippen molar-refractivity contribution in [1.29, 1.82) is 0 Å². The molecule has 3 unspecified atom stereocenters. The van der Waals surface area contributed by atoms with Gasteiger partial charge in [0.1, 0.15) is 6.10 Å². The number of amides is 1. The summed E-state index contributed by atoms with van der Waals surface area (Å²) < 4.78 is 5.47. The highest BCUT2D eigenvalue weighted by atomic mass is 16.6. The Bertz CT molecular complexity index is 270. The zero-order valence-corrected chi connectivity index (χ0v) is 12.0. The van der Waals surface area contributed by atoms with E-state index in [9.17, 15) is 4.79 Å². The van der Waals surface area contributed by atoms with Crippen molar-refractivity contribution in [3.8, 4) is 0 Å². The molecule has 1 heterocycles. The SMILES string of the molecule is CC(CCO)C(C)OC(=O)N1CCCCC1CCO. The molecule has 0 spiro atoms. The average Bonchev–Trinajstić information content (AvgIpc) is 2.39. The molecule has 0 aliphatic carbocycles. The van der Waals surface area contributed by atoms with Crippen LogP contribution >= 0.6 is 0 Å². The van der Waals surface area contributed by atoms with E-state index >= 15 is 0 Å². The largest absolute Gasteiger partial charge is 0.446 e. The Morgan fingerprint density at radius 1 is 1.32 bits per heavy atom. The lowest BCUT2D eigenvalue weighted by Gasteiger charge is -2.36. The van der Waals surface area contributed by atoms with Crippen molar-refractivity contribution < 1.29 is 19.7 Å². The van der Waals surface area contributed by atoms with Crippen LogP contribution < -0.4 is 0 Å². The molecule has 0 aromatic rings. The number of carbonyl (C=O) groups is 1. The van der Waals surface area contributed by atoms with E-state index in [0.717, 1.165) is 19.3 Å². The third-order valence-corrected chi connectivity index (χ3v) is 4.00. The van der Waals surface area contributed by atoms with E-state index in [1.165, 1.54) is 0 Å². The Labute approximate surface area is 115 Å². The first-order valence-corrected chi connectivity index (χ1v) is 7.29. The van der Waals surface area contributed by atoms with Crippen LogP contribution in [-0.4, -0.2) is 53.1 Å². The summed E-state index contributed by atoms with van der Waals surface area (Å²) in [5.41, 5.74) is 0.